The van der Waals surface area contributed by atoms with Crippen molar-refractivity contribution in [1.82, 2.24) is 5.32 Å². The lowest BCUT2D eigenvalue weighted by atomic mass is 10.5. The Morgan fingerprint density at radius 2 is 1.12 bits per heavy atom. The summed E-state index contributed by atoms with van der Waals surface area (Å²) in [6, 6.07) is 0. The first-order chi connectivity index (χ1) is 12.0. The maximum Gasteiger partial charge on any atom is 0.483 e. The third kappa shape index (κ3) is 145. The molecule has 0 aliphatic heterocycles. The summed E-state index contributed by atoms with van der Waals surface area (Å²) in [6.45, 7) is 8.19. The van der Waals surface area contributed by atoms with Crippen LogP contribution in [-0.4, -0.2) is 83.7 Å². The van der Waals surface area contributed by atoms with Gasteiger partial charge in [-0.3, -0.25) is 14.4 Å². The van der Waals surface area contributed by atoms with Crippen LogP contribution in [0, 0.1) is 0 Å². The van der Waals surface area contributed by atoms with Gasteiger partial charge in [0.1, 0.15) is 0 Å². The van der Waals surface area contributed by atoms with Crippen molar-refractivity contribution in [3.05, 3.63) is 0 Å². The summed E-state index contributed by atoms with van der Waals surface area (Å²) in [7, 11) is 3.05. The number of carboxylic acid groups (broad SMARTS) is 3. The minimum absolute atomic E-state index is 0.750. The average molecular weight is 405 g/mol. The number of hydrogen-bond donors (Lipinski definition) is 5. The Morgan fingerprint density at radius 1 is 0.846 bits per heavy atom. The highest BCUT2D eigenvalue weighted by atomic mass is 28.3. The molecule has 0 aromatic rings. The largest absolute Gasteiger partial charge is 0.483 e. The monoisotopic (exact) mass is 404 g/mol. The van der Waals surface area contributed by atoms with E-state index in [1.807, 2.05) is 0 Å². The minimum Gasteiger partial charge on any atom is -0.481 e. The molecule has 160 valence electrons. The predicted molar refractivity (Wildman–Crippen MR) is 100 cm³/mol. The minimum atomic E-state index is -1.67. The molecule has 0 saturated carbocycles. The Kier molecular flexibility index (Phi) is 47.4. The number of rotatable bonds is 7. The summed E-state index contributed by atoms with van der Waals surface area (Å²) < 4.78 is 14.2. The van der Waals surface area contributed by atoms with Crippen molar-refractivity contribution < 1.29 is 43.0 Å². The van der Waals surface area contributed by atoms with Crippen molar-refractivity contribution in [3.63, 3.8) is 0 Å². The zero-order valence-corrected chi connectivity index (χ0v) is 17.9. The maximum absolute atomic E-state index is 9.00. The third-order valence-electron chi connectivity index (χ3n) is 1.33. The Balaban J connectivity index is -0.0000000728. The quantitative estimate of drug-likeness (QED) is 0.282. The summed E-state index contributed by atoms with van der Waals surface area (Å²) in [5.41, 5.74) is 5.21. The highest BCUT2D eigenvalue weighted by molar-refractivity contribution is 6.36. The number of nitrogens with one attached hydrogen (secondary N) is 1. The van der Waals surface area contributed by atoms with Gasteiger partial charge >= 0.3 is 9.53 Å². The molecule has 0 aliphatic carbocycles. The van der Waals surface area contributed by atoms with E-state index in [2.05, 4.69) is 12.2 Å². The zero-order chi connectivity index (χ0) is 22.0. The number of carboxylic acids is 3. The van der Waals surface area contributed by atoms with Crippen LogP contribution in [0.1, 0.15) is 34.1 Å². The van der Waals surface area contributed by atoms with Crippen molar-refractivity contribution >= 4 is 27.4 Å². The Bertz CT molecular complexity index is 254. The van der Waals surface area contributed by atoms with Crippen LogP contribution >= 0.6 is 0 Å². The number of aliphatic carboxylic acids is 3. The number of nitrogens with two attached hydrogens (primary N) is 1. The molecule has 0 aliphatic rings. The molecule has 11 nitrogen and oxygen atoms in total. The van der Waals surface area contributed by atoms with Gasteiger partial charge in [-0.1, -0.05) is 6.92 Å². The lowest BCUT2D eigenvalue weighted by Crippen LogP contribution is -2.22. The second-order valence-electron chi connectivity index (χ2n) is 4.09. The van der Waals surface area contributed by atoms with Crippen LogP contribution in [0.3, 0.4) is 0 Å². The van der Waals surface area contributed by atoms with Gasteiger partial charge in [0.25, 0.3) is 17.9 Å². The summed E-state index contributed by atoms with van der Waals surface area (Å²) in [6.07, 6.45) is 1.19. The molecule has 0 bridgehead atoms. The predicted octanol–water partition coefficient (Wildman–Crippen LogP) is -0.140. The lowest BCUT2D eigenvalue weighted by Gasteiger charge is -2.05. The van der Waals surface area contributed by atoms with Crippen molar-refractivity contribution in [2.75, 3.05) is 41.0 Å². The van der Waals surface area contributed by atoms with E-state index < -0.39 is 27.4 Å². The summed E-state index contributed by atoms with van der Waals surface area (Å²) >= 11 is 0. The molecule has 0 aromatic heterocycles. The summed E-state index contributed by atoms with van der Waals surface area (Å²) in [5.74, 6) is -2.50. The first kappa shape index (κ1) is 35.5. The second kappa shape index (κ2) is 34.7. The average Bonchev–Trinajstić information content (AvgIpc) is 2.48. The number of hydrogen-bond acceptors (Lipinski definition) is 8. The molecule has 0 aromatic carbocycles. The van der Waals surface area contributed by atoms with Gasteiger partial charge in [0.15, 0.2) is 0 Å². The van der Waals surface area contributed by atoms with Crippen molar-refractivity contribution in [2.45, 2.75) is 34.1 Å². The van der Waals surface area contributed by atoms with Gasteiger partial charge in [-0.15, -0.1) is 0 Å². The topological polar surface area (TPSA) is 178 Å². The van der Waals surface area contributed by atoms with Crippen LogP contribution in [-0.2, 0) is 27.7 Å². The third-order valence-corrected chi connectivity index (χ3v) is 2.48. The molecule has 0 rings (SSSR count). The van der Waals surface area contributed by atoms with Crippen LogP contribution in [0.15, 0.2) is 0 Å². The van der Waals surface area contributed by atoms with Crippen molar-refractivity contribution in [1.29, 1.82) is 0 Å². The smallest absolute Gasteiger partial charge is 0.481 e. The molecule has 12 heteroatoms. The van der Waals surface area contributed by atoms with E-state index in [9.17, 15) is 0 Å². The van der Waals surface area contributed by atoms with Crippen LogP contribution in [0.4, 0.5) is 0 Å². The van der Waals surface area contributed by atoms with E-state index in [1.54, 1.807) is 21.3 Å². The van der Waals surface area contributed by atoms with Gasteiger partial charge in [0.05, 0.1) is 0 Å². The fourth-order valence-electron chi connectivity index (χ4n) is 0.693. The summed E-state index contributed by atoms with van der Waals surface area (Å²) in [5, 5.41) is 25.4. The van der Waals surface area contributed by atoms with E-state index in [0.717, 1.165) is 40.4 Å². The Labute approximate surface area is 157 Å². The van der Waals surface area contributed by atoms with Crippen LogP contribution < -0.4 is 11.1 Å². The maximum atomic E-state index is 9.00. The van der Waals surface area contributed by atoms with Crippen molar-refractivity contribution in [2.24, 2.45) is 5.73 Å². The molecule has 0 spiro atoms. The molecular formula is C14H36N2O9Si. The molecule has 0 fully saturated rings. The van der Waals surface area contributed by atoms with Crippen LogP contribution in [0.5, 0.6) is 0 Å². The highest BCUT2D eigenvalue weighted by Gasteiger charge is 2.04. The van der Waals surface area contributed by atoms with Gasteiger partial charge in [-0.25, -0.2) is 0 Å². The van der Waals surface area contributed by atoms with E-state index in [1.165, 1.54) is 6.42 Å². The van der Waals surface area contributed by atoms with Crippen LogP contribution in [0.25, 0.3) is 0 Å². The molecule has 0 unspecified atom stereocenters. The van der Waals surface area contributed by atoms with Crippen molar-refractivity contribution in [3.8, 4) is 0 Å². The molecule has 26 heavy (non-hydrogen) atoms. The fraction of sp³-hybridized carbons (Fsp3) is 0.786. The van der Waals surface area contributed by atoms with Gasteiger partial charge in [0.2, 0.25) is 0 Å². The highest BCUT2D eigenvalue weighted by Crippen LogP contribution is 1.81. The lowest BCUT2D eigenvalue weighted by molar-refractivity contribution is -0.135. The van der Waals surface area contributed by atoms with E-state index in [4.69, 9.17) is 48.7 Å². The fourth-order valence-corrected chi connectivity index (χ4v) is 1.27. The van der Waals surface area contributed by atoms with E-state index >= 15 is 0 Å². The zero-order valence-electron chi connectivity index (χ0n) is 16.8. The standard InChI is InChI=1S/C5H14N2.C3H10O3Si.3C2H4O2/c1-2-4-7-5-3-6;1-4-7(5-2)6-3;3*1-2(3)4/h7H,2-6H2,1H3;7H,1-3H3;3*1H3,(H,3,4). The van der Waals surface area contributed by atoms with Crippen LogP contribution in [0.2, 0.25) is 0 Å². The first-order valence-corrected chi connectivity index (χ1v) is 8.95. The molecule has 0 heterocycles. The normalized spacial score (nSPS) is 8.19. The van der Waals surface area contributed by atoms with Gasteiger partial charge < -0.3 is 39.6 Å². The second-order valence-corrected chi connectivity index (χ2v) is 6.08. The van der Waals surface area contributed by atoms with Gasteiger partial charge in [-0.2, -0.15) is 0 Å². The SMILES string of the molecule is CC(=O)O.CC(=O)O.CC(=O)O.CCCNCCN.CO[SiH](OC)OC. The molecule has 0 amide bonds. The first-order valence-electron chi connectivity index (χ1n) is 7.54. The van der Waals surface area contributed by atoms with E-state index in [0.29, 0.717) is 0 Å². The van der Waals surface area contributed by atoms with Gasteiger partial charge in [0, 0.05) is 55.2 Å². The van der Waals surface area contributed by atoms with E-state index in [-0.39, 0.29) is 0 Å². The Hall–Kier alpha value is -1.57. The molecule has 0 saturated heterocycles. The molecular weight excluding hydrogens is 368 g/mol. The number of carbonyl (C=O) groups is 3. The van der Waals surface area contributed by atoms with Gasteiger partial charge in [-0.05, 0) is 13.0 Å². The molecule has 0 atom stereocenters. The Morgan fingerprint density at radius 3 is 1.23 bits per heavy atom. The molecule has 6 N–H and O–H groups in total. The molecule has 0 radical (unpaired) electrons. The summed E-state index contributed by atoms with van der Waals surface area (Å²) in [4.78, 5) is 27.0.